The minimum Gasteiger partial charge on any atom is -0.453 e. The van der Waals surface area contributed by atoms with E-state index in [1.54, 1.807) is 0 Å². The highest BCUT2D eigenvalue weighted by atomic mass is 16.3. The lowest BCUT2D eigenvalue weighted by Gasteiger charge is -1.95. The minimum atomic E-state index is 0.150. The van der Waals surface area contributed by atoms with E-state index in [2.05, 4.69) is 10.2 Å². The average Bonchev–Trinajstić information content (AvgIpc) is 2.83. The third-order valence-corrected chi connectivity index (χ3v) is 2.61. The highest BCUT2D eigenvalue weighted by molar-refractivity contribution is 5.82. The number of benzene rings is 1. The summed E-state index contributed by atoms with van der Waals surface area (Å²) in [5, 5.41) is 8.56. The second-order valence-electron chi connectivity index (χ2n) is 3.90. The Hall–Kier alpha value is -2.50. The molecule has 0 spiro atoms. The van der Waals surface area contributed by atoms with Crippen LogP contribution in [0.2, 0.25) is 0 Å². The summed E-state index contributed by atoms with van der Waals surface area (Å²) in [5.74, 6) is 6.81. The van der Waals surface area contributed by atoms with E-state index in [1.807, 2.05) is 31.2 Å². The van der Waals surface area contributed by atoms with Crippen molar-refractivity contribution >= 4 is 16.9 Å². The first kappa shape index (κ1) is 9.71. The molecule has 0 aliphatic heterocycles. The molecule has 0 unspecified atom stereocenters. The molecule has 0 amide bonds. The van der Waals surface area contributed by atoms with Gasteiger partial charge < -0.3 is 16.0 Å². The summed E-state index contributed by atoms with van der Waals surface area (Å²) >= 11 is 0. The van der Waals surface area contributed by atoms with Crippen LogP contribution in [-0.2, 0) is 0 Å². The molecule has 3 aromatic rings. The van der Waals surface area contributed by atoms with Crippen LogP contribution < -0.4 is 11.6 Å². The van der Waals surface area contributed by atoms with Gasteiger partial charge in [-0.05, 0) is 25.1 Å². The molecule has 0 bridgehead atoms. The Balaban J connectivity index is 2.21. The van der Waals surface area contributed by atoms with Gasteiger partial charge >= 0.3 is 0 Å². The molecular formula is C11H11N5O. The molecule has 0 fully saturated rings. The number of hydrogen-bond acceptors (Lipinski definition) is 5. The van der Waals surface area contributed by atoms with Crippen LogP contribution in [0.25, 0.3) is 22.6 Å². The third-order valence-electron chi connectivity index (χ3n) is 2.61. The number of hydrogen-bond donors (Lipinski definition) is 2. The van der Waals surface area contributed by atoms with Crippen molar-refractivity contribution in [1.29, 1.82) is 0 Å². The van der Waals surface area contributed by atoms with Gasteiger partial charge in [-0.3, -0.25) is 0 Å². The molecule has 0 aliphatic rings. The number of aryl methyl sites for hydroxylation is 1. The molecule has 6 heteroatoms. The Morgan fingerprint density at radius 2 is 2.06 bits per heavy atom. The zero-order chi connectivity index (χ0) is 12.0. The molecule has 0 aliphatic carbocycles. The minimum absolute atomic E-state index is 0.150. The van der Waals surface area contributed by atoms with Crippen LogP contribution in [0, 0.1) is 6.92 Å². The molecule has 0 saturated heterocycles. The molecule has 6 nitrogen and oxygen atoms in total. The van der Waals surface area contributed by atoms with Crippen LogP contribution >= 0.6 is 0 Å². The number of rotatable bonds is 1. The SMILES string of the molecule is Cc1ccc2oc(-c3nnc(N)n3N)cc2c1. The fourth-order valence-corrected chi connectivity index (χ4v) is 1.74. The lowest BCUT2D eigenvalue weighted by atomic mass is 10.2. The summed E-state index contributed by atoms with van der Waals surface area (Å²) in [4.78, 5) is 0. The van der Waals surface area contributed by atoms with Gasteiger partial charge in [-0.15, -0.1) is 10.2 Å². The predicted molar refractivity (Wildman–Crippen MR) is 64.5 cm³/mol. The van der Waals surface area contributed by atoms with E-state index in [9.17, 15) is 0 Å². The molecule has 86 valence electrons. The highest BCUT2D eigenvalue weighted by Gasteiger charge is 2.14. The summed E-state index contributed by atoms with van der Waals surface area (Å²) in [6, 6.07) is 7.80. The smallest absolute Gasteiger partial charge is 0.241 e. The maximum absolute atomic E-state index is 5.69. The monoisotopic (exact) mass is 229 g/mol. The van der Waals surface area contributed by atoms with Crippen molar-refractivity contribution in [3.05, 3.63) is 29.8 Å². The van der Waals surface area contributed by atoms with E-state index in [0.717, 1.165) is 11.0 Å². The first-order valence-corrected chi connectivity index (χ1v) is 5.11. The summed E-state index contributed by atoms with van der Waals surface area (Å²) in [6.07, 6.45) is 0. The van der Waals surface area contributed by atoms with Gasteiger partial charge in [-0.1, -0.05) is 11.6 Å². The van der Waals surface area contributed by atoms with E-state index in [0.29, 0.717) is 11.6 Å². The summed E-state index contributed by atoms with van der Waals surface area (Å²) in [7, 11) is 0. The Morgan fingerprint density at radius 3 is 2.76 bits per heavy atom. The van der Waals surface area contributed by atoms with Crippen molar-refractivity contribution < 1.29 is 4.42 Å². The van der Waals surface area contributed by atoms with Crippen molar-refractivity contribution in [1.82, 2.24) is 14.9 Å². The lowest BCUT2D eigenvalue weighted by molar-refractivity contribution is 0.622. The van der Waals surface area contributed by atoms with Crippen LogP contribution in [0.15, 0.2) is 28.7 Å². The molecule has 0 atom stereocenters. The molecular weight excluding hydrogens is 218 g/mol. The highest BCUT2D eigenvalue weighted by Crippen LogP contribution is 2.27. The molecule has 2 heterocycles. The van der Waals surface area contributed by atoms with Gasteiger partial charge in [0.15, 0.2) is 5.76 Å². The van der Waals surface area contributed by atoms with Crippen LogP contribution in [0.5, 0.6) is 0 Å². The molecule has 17 heavy (non-hydrogen) atoms. The lowest BCUT2D eigenvalue weighted by Crippen LogP contribution is -2.13. The fourth-order valence-electron chi connectivity index (χ4n) is 1.74. The Labute approximate surface area is 96.8 Å². The van der Waals surface area contributed by atoms with Crippen molar-refractivity contribution in [3.63, 3.8) is 0 Å². The number of furan rings is 1. The maximum atomic E-state index is 5.69. The van der Waals surface area contributed by atoms with Gasteiger partial charge in [-0.25, -0.2) is 4.68 Å². The van der Waals surface area contributed by atoms with Crippen LogP contribution in [0.4, 0.5) is 5.95 Å². The van der Waals surface area contributed by atoms with Crippen molar-refractivity contribution in [3.8, 4) is 11.6 Å². The number of nitrogens with two attached hydrogens (primary N) is 2. The molecule has 1 aromatic carbocycles. The molecule has 0 radical (unpaired) electrons. The van der Waals surface area contributed by atoms with E-state index < -0.39 is 0 Å². The average molecular weight is 229 g/mol. The second-order valence-corrected chi connectivity index (χ2v) is 3.90. The Bertz CT molecular complexity index is 697. The van der Waals surface area contributed by atoms with Gasteiger partial charge in [0.05, 0.1) is 0 Å². The summed E-state index contributed by atoms with van der Waals surface area (Å²) in [5.41, 5.74) is 7.47. The summed E-state index contributed by atoms with van der Waals surface area (Å²) < 4.78 is 6.84. The number of aromatic nitrogens is 3. The number of nitrogens with zero attached hydrogens (tertiary/aromatic N) is 3. The van der Waals surface area contributed by atoms with E-state index in [4.69, 9.17) is 16.0 Å². The molecule has 2 aromatic heterocycles. The van der Waals surface area contributed by atoms with Crippen molar-refractivity contribution in [2.45, 2.75) is 6.92 Å². The quantitative estimate of drug-likeness (QED) is 0.613. The largest absolute Gasteiger partial charge is 0.453 e. The zero-order valence-electron chi connectivity index (χ0n) is 9.21. The Kier molecular flexibility index (Phi) is 1.85. The number of nitrogen functional groups attached to an aromatic ring is 2. The van der Waals surface area contributed by atoms with Crippen molar-refractivity contribution in [2.75, 3.05) is 11.6 Å². The fraction of sp³-hybridized carbons (Fsp3) is 0.0909. The second kappa shape index (κ2) is 3.24. The maximum Gasteiger partial charge on any atom is 0.241 e. The standard InChI is InChI=1S/C11H11N5O/c1-6-2-3-8-7(4-6)5-9(17-8)10-14-15-11(12)16(10)13/h2-5H,13H2,1H3,(H2,12,15). The van der Waals surface area contributed by atoms with Gasteiger partial charge in [0, 0.05) is 5.39 Å². The van der Waals surface area contributed by atoms with E-state index >= 15 is 0 Å². The molecule has 3 rings (SSSR count). The zero-order valence-corrected chi connectivity index (χ0v) is 9.21. The van der Waals surface area contributed by atoms with Gasteiger partial charge in [0.1, 0.15) is 5.58 Å². The van der Waals surface area contributed by atoms with Crippen LogP contribution in [0.3, 0.4) is 0 Å². The normalized spacial score (nSPS) is 11.1. The van der Waals surface area contributed by atoms with Gasteiger partial charge in [0.2, 0.25) is 11.8 Å². The van der Waals surface area contributed by atoms with Gasteiger partial charge in [0.25, 0.3) is 0 Å². The Morgan fingerprint density at radius 1 is 1.24 bits per heavy atom. The van der Waals surface area contributed by atoms with Crippen LogP contribution in [0.1, 0.15) is 5.56 Å². The van der Waals surface area contributed by atoms with Gasteiger partial charge in [-0.2, -0.15) is 0 Å². The first-order valence-electron chi connectivity index (χ1n) is 5.11. The topological polar surface area (TPSA) is 95.9 Å². The molecule has 0 saturated carbocycles. The predicted octanol–water partition coefficient (Wildman–Crippen LogP) is 1.30. The summed E-state index contributed by atoms with van der Waals surface area (Å²) in [6.45, 7) is 2.02. The first-order chi connectivity index (χ1) is 8.15. The number of anilines is 1. The van der Waals surface area contributed by atoms with Crippen LogP contribution in [-0.4, -0.2) is 14.9 Å². The third kappa shape index (κ3) is 1.42. The molecule has 4 N–H and O–H groups in total. The number of fused-ring (bicyclic) bond motifs is 1. The van der Waals surface area contributed by atoms with E-state index in [-0.39, 0.29) is 5.95 Å². The van der Waals surface area contributed by atoms with E-state index in [1.165, 1.54) is 10.2 Å². The van der Waals surface area contributed by atoms with Crippen molar-refractivity contribution in [2.24, 2.45) is 0 Å².